The molecular weight excluding hydrogens is 334 g/mol. The number of hydrogen-bond acceptors (Lipinski definition) is 3. The quantitative estimate of drug-likeness (QED) is 0.761. The van der Waals surface area contributed by atoms with E-state index < -0.39 is 0 Å². The number of hydrogen-bond donors (Lipinski definition) is 2. The zero-order chi connectivity index (χ0) is 14.7. The first-order valence-electron chi connectivity index (χ1n) is 6.29. The van der Waals surface area contributed by atoms with E-state index in [2.05, 4.69) is 36.2 Å². The summed E-state index contributed by atoms with van der Waals surface area (Å²) in [7, 11) is 0. The number of aromatic nitrogens is 4. The summed E-state index contributed by atoms with van der Waals surface area (Å²) in [6.45, 7) is 0.344. The van der Waals surface area contributed by atoms with Gasteiger partial charge in [-0.3, -0.25) is 4.79 Å². The summed E-state index contributed by atoms with van der Waals surface area (Å²) >= 11 is 3.39. The molecule has 1 amide bonds. The van der Waals surface area contributed by atoms with Crippen molar-refractivity contribution in [2.75, 3.05) is 0 Å². The summed E-state index contributed by atoms with van der Waals surface area (Å²) in [4.78, 5) is 23.1. The van der Waals surface area contributed by atoms with Crippen molar-refractivity contribution < 1.29 is 4.79 Å². The number of carbonyl (C=O) groups is 1. The molecule has 3 rings (SSSR count). The second kappa shape index (κ2) is 5.92. The van der Waals surface area contributed by atoms with Gasteiger partial charge < -0.3 is 14.9 Å². The van der Waals surface area contributed by atoms with Crippen LogP contribution < -0.4 is 5.32 Å². The molecule has 7 heteroatoms. The zero-order valence-electron chi connectivity index (χ0n) is 11.0. The van der Waals surface area contributed by atoms with Crippen LogP contribution in [0.2, 0.25) is 0 Å². The van der Waals surface area contributed by atoms with Gasteiger partial charge in [-0.05, 0) is 24.3 Å². The van der Waals surface area contributed by atoms with Crippen LogP contribution in [-0.2, 0) is 6.54 Å². The summed E-state index contributed by atoms with van der Waals surface area (Å²) in [5.74, 6) is 0.470. The fraction of sp³-hybridized carbons (Fsp3) is 0.0714. The molecule has 0 fully saturated rings. The highest BCUT2D eigenvalue weighted by molar-refractivity contribution is 9.10. The van der Waals surface area contributed by atoms with Crippen molar-refractivity contribution in [2.45, 2.75) is 6.54 Å². The molecule has 0 saturated carbocycles. The van der Waals surface area contributed by atoms with Crippen LogP contribution in [0.25, 0.3) is 5.69 Å². The Kier molecular flexibility index (Phi) is 3.83. The molecule has 0 unspecified atom stereocenters. The van der Waals surface area contributed by atoms with Crippen LogP contribution in [0.3, 0.4) is 0 Å². The third-order valence-electron chi connectivity index (χ3n) is 2.91. The van der Waals surface area contributed by atoms with Gasteiger partial charge in [0.05, 0.1) is 6.54 Å². The van der Waals surface area contributed by atoms with E-state index in [1.807, 2.05) is 24.3 Å². The van der Waals surface area contributed by atoms with Crippen LogP contribution in [0.15, 0.2) is 53.7 Å². The highest BCUT2D eigenvalue weighted by Crippen LogP contribution is 2.14. The maximum absolute atomic E-state index is 12.0. The van der Waals surface area contributed by atoms with E-state index in [1.54, 1.807) is 29.5 Å². The van der Waals surface area contributed by atoms with Gasteiger partial charge in [-0.15, -0.1) is 0 Å². The average Bonchev–Trinajstić information content (AvgIpc) is 3.17. The molecule has 0 bridgehead atoms. The second-order valence-electron chi connectivity index (χ2n) is 4.36. The van der Waals surface area contributed by atoms with Crippen molar-refractivity contribution in [1.82, 2.24) is 24.8 Å². The Labute approximate surface area is 129 Å². The molecule has 2 aromatic heterocycles. The lowest BCUT2D eigenvalue weighted by Crippen LogP contribution is -2.23. The highest BCUT2D eigenvalue weighted by atomic mass is 79.9. The van der Waals surface area contributed by atoms with E-state index in [1.165, 1.54) is 0 Å². The molecule has 6 nitrogen and oxygen atoms in total. The molecule has 0 aliphatic heterocycles. The largest absolute Gasteiger partial charge is 0.347 e. The Morgan fingerprint density at radius 3 is 2.81 bits per heavy atom. The van der Waals surface area contributed by atoms with Crippen LogP contribution in [-0.4, -0.2) is 25.4 Å². The van der Waals surface area contributed by atoms with E-state index >= 15 is 0 Å². The van der Waals surface area contributed by atoms with E-state index in [4.69, 9.17) is 0 Å². The van der Waals surface area contributed by atoms with E-state index in [-0.39, 0.29) is 5.91 Å². The van der Waals surface area contributed by atoms with Crippen molar-refractivity contribution >= 4 is 21.8 Å². The number of H-pyrrole nitrogens is 1. The first-order valence-corrected chi connectivity index (χ1v) is 7.08. The lowest BCUT2D eigenvalue weighted by atomic mass is 10.3. The minimum absolute atomic E-state index is 0.234. The number of carbonyl (C=O) groups excluding carboxylic acids is 1. The predicted molar refractivity (Wildman–Crippen MR) is 81.0 cm³/mol. The van der Waals surface area contributed by atoms with Gasteiger partial charge in [0.15, 0.2) is 0 Å². The van der Waals surface area contributed by atoms with Crippen molar-refractivity contribution in [1.29, 1.82) is 0 Å². The van der Waals surface area contributed by atoms with Crippen molar-refractivity contribution in [3.05, 3.63) is 65.2 Å². The number of nitrogens with zero attached hydrogens (tertiary/aromatic N) is 3. The Bertz CT molecular complexity index is 733. The fourth-order valence-electron chi connectivity index (χ4n) is 1.84. The van der Waals surface area contributed by atoms with Crippen LogP contribution in [0, 0.1) is 0 Å². The third kappa shape index (κ3) is 3.19. The molecule has 2 heterocycles. The summed E-state index contributed by atoms with van der Waals surface area (Å²) < 4.78 is 2.80. The van der Waals surface area contributed by atoms with Crippen LogP contribution in [0.5, 0.6) is 0 Å². The number of aromatic amines is 1. The number of amides is 1. The first-order chi connectivity index (χ1) is 10.2. The topological polar surface area (TPSA) is 75.6 Å². The van der Waals surface area contributed by atoms with Crippen molar-refractivity contribution in [3.63, 3.8) is 0 Å². The smallest absolute Gasteiger partial charge is 0.271 e. The third-order valence-corrected chi connectivity index (χ3v) is 3.44. The molecule has 106 valence electrons. The van der Waals surface area contributed by atoms with Gasteiger partial charge in [0.2, 0.25) is 0 Å². The van der Waals surface area contributed by atoms with Crippen LogP contribution in [0.4, 0.5) is 0 Å². The van der Waals surface area contributed by atoms with Crippen molar-refractivity contribution in [3.8, 4) is 5.69 Å². The fourth-order valence-corrected chi connectivity index (χ4v) is 2.11. The van der Waals surface area contributed by atoms with Gasteiger partial charge in [-0.2, -0.15) is 0 Å². The average molecular weight is 346 g/mol. The van der Waals surface area contributed by atoms with Crippen molar-refractivity contribution in [2.24, 2.45) is 0 Å². The first kappa shape index (κ1) is 13.6. The van der Waals surface area contributed by atoms with Crippen LogP contribution in [0.1, 0.15) is 16.3 Å². The maximum atomic E-state index is 12.0. The Balaban J connectivity index is 1.69. The number of nitrogens with one attached hydrogen (secondary N) is 2. The molecule has 21 heavy (non-hydrogen) atoms. The van der Waals surface area contributed by atoms with E-state index in [0.717, 1.165) is 10.2 Å². The molecule has 2 N–H and O–H groups in total. The molecule has 0 aliphatic carbocycles. The van der Waals surface area contributed by atoms with E-state index in [0.29, 0.717) is 18.1 Å². The molecule has 0 atom stereocenters. The summed E-state index contributed by atoms with van der Waals surface area (Å²) in [6, 6.07) is 7.75. The van der Waals surface area contributed by atoms with Crippen LogP contribution >= 0.6 is 15.9 Å². The standard InChI is InChI=1S/C14H12BrN5O/c15-10-1-3-11(4-2-10)20-8-12(19-9-20)14(21)18-7-13-16-5-6-17-13/h1-6,8-9H,7H2,(H,16,17)(H,18,21). The van der Waals surface area contributed by atoms with Gasteiger partial charge in [-0.1, -0.05) is 15.9 Å². The predicted octanol–water partition coefficient (Wildman–Crippen LogP) is 2.29. The molecule has 0 aliphatic rings. The van der Waals surface area contributed by atoms with Gasteiger partial charge in [0.1, 0.15) is 17.8 Å². The van der Waals surface area contributed by atoms with E-state index in [9.17, 15) is 4.79 Å². The second-order valence-corrected chi connectivity index (χ2v) is 5.28. The monoisotopic (exact) mass is 345 g/mol. The molecule has 0 saturated heterocycles. The molecular formula is C14H12BrN5O. The number of benzene rings is 1. The van der Waals surface area contributed by atoms with Gasteiger partial charge in [0.25, 0.3) is 5.91 Å². The highest BCUT2D eigenvalue weighted by Gasteiger charge is 2.10. The SMILES string of the molecule is O=C(NCc1ncc[nH]1)c1cn(-c2ccc(Br)cc2)cn1. The summed E-state index contributed by atoms with van der Waals surface area (Å²) in [6.07, 6.45) is 6.67. The minimum Gasteiger partial charge on any atom is -0.347 e. The number of imidazole rings is 2. The Morgan fingerprint density at radius 2 is 2.10 bits per heavy atom. The maximum Gasteiger partial charge on any atom is 0.271 e. The molecule has 3 aromatic rings. The van der Waals surface area contributed by atoms with Gasteiger partial charge in [0, 0.05) is 28.8 Å². The zero-order valence-corrected chi connectivity index (χ0v) is 12.5. The van der Waals surface area contributed by atoms with Gasteiger partial charge in [-0.25, -0.2) is 9.97 Å². The summed E-state index contributed by atoms with van der Waals surface area (Å²) in [5, 5.41) is 2.76. The molecule has 1 aromatic carbocycles. The number of rotatable bonds is 4. The molecule has 0 spiro atoms. The summed E-state index contributed by atoms with van der Waals surface area (Å²) in [5.41, 5.74) is 1.31. The lowest BCUT2D eigenvalue weighted by Gasteiger charge is -2.01. The molecule has 0 radical (unpaired) electrons. The lowest BCUT2D eigenvalue weighted by molar-refractivity contribution is 0.0945. The van der Waals surface area contributed by atoms with Gasteiger partial charge >= 0.3 is 0 Å². The normalized spacial score (nSPS) is 10.5. The number of halogens is 1. The Hall–Kier alpha value is -2.41. The minimum atomic E-state index is -0.234. The Morgan fingerprint density at radius 1 is 1.29 bits per heavy atom.